The topological polar surface area (TPSA) is 65.4 Å². The molecule has 4 aromatic rings. The first-order valence-electron chi connectivity index (χ1n) is 9.92. The van der Waals surface area contributed by atoms with Crippen LogP contribution in [-0.4, -0.2) is 28.7 Å². The number of carbonyl (C=O) groups is 1. The molecule has 6 heteroatoms. The second-order valence-electron chi connectivity index (χ2n) is 7.19. The Bertz CT molecular complexity index is 1200. The lowest BCUT2D eigenvalue weighted by atomic mass is 10.1. The average Bonchev–Trinajstić information content (AvgIpc) is 3.21. The Balaban J connectivity index is 1.24. The van der Waals surface area contributed by atoms with Gasteiger partial charge in [-0.05, 0) is 35.4 Å². The molecule has 150 valence electrons. The highest BCUT2D eigenvalue weighted by Gasteiger charge is 2.20. The third kappa shape index (κ3) is 3.59. The van der Waals surface area contributed by atoms with Crippen LogP contribution in [0, 0.1) is 0 Å². The van der Waals surface area contributed by atoms with E-state index < -0.39 is 0 Å². The minimum Gasteiger partial charge on any atom is -0.486 e. The van der Waals surface area contributed by atoms with E-state index in [1.807, 2.05) is 42.7 Å². The maximum atomic E-state index is 12.6. The number of fused-ring (bicyclic) bond motifs is 2. The lowest BCUT2D eigenvalue weighted by Gasteiger charge is -2.20. The van der Waals surface area contributed by atoms with E-state index in [2.05, 4.69) is 33.1 Å². The summed E-state index contributed by atoms with van der Waals surface area (Å²) in [6, 6.07) is 21.7. The highest BCUT2D eigenvalue weighted by Crippen LogP contribution is 2.33. The van der Waals surface area contributed by atoms with Crippen molar-refractivity contribution >= 4 is 16.9 Å². The summed E-state index contributed by atoms with van der Waals surface area (Å²) >= 11 is 0. The summed E-state index contributed by atoms with van der Waals surface area (Å²) in [5, 5.41) is 2.96. The minimum atomic E-state index is -0.175. The number of benzene rings is 3. The zero-order valence-electron chi connectivity index (χ0n) is 16.4. The van der Waals surface area contributed by atoms with Crippen LogP contribution in [0.2, 0.25) is 0 Å². The van der Waals surface area contributed by atoms with Gasteiger partial charge in [0.05, 0.1) is 22.9 Å². The highest BCUT2D eigenvalue weighted by molar-refractivity contribution is 5.97. The number of hydrogen-bond acceptors (Lipinski definition) is 4. The minimum absolute atomic E-state index is 0.175. The van der Waals surface area contributed by atoms with Gasteiger partial charge in [0.2, 0.25) is 0 Å². The zero-order chi connectivity index (χ0) is 20.3. The quantitative estimate of drug-likeness (QED) is 0.555. The van der Waals surface area contributed by atoms with Crippen LogP contribution < -0.4 is 14.8 Å². The summed E-state index contributed by atoms with van der Waals surface area (Å²) < 4.78 is 13.3. The molecular weight excluding hydrogens is 378 g/mol. The van der Waals surface area contributed by atoms with Gasteiger partial charge in [0.1, 0.15) is 13.2 Å². The van der Waals surface area contributed by atoms with E-state index in [1.54, 1.807) is 12.1 Å². The van der Waals surface area contributed by atoms with Crippen molar-refractivity contribution in [3.8, 4) is 11.5 Å². The molecule has 0 saturated heterocycles. The third-order valence-electron chi connectivity index (χ3n) is 5.17. The summed E-state index contributed by atoms with van der Waals surface area (Å²) in [4.78, 5) is 17.1. The summed E-state index contributed by atoms with van der Waals surface area (Å²) in [6.45, 7) is 2.14. The number of para-hydroxylation sites is 3. The van der Waals surface area contributed by atoms with Gasteiger partial charge in [0, 0.05) is 13.1 Å². The number of imidazole rings is 1. The molecule has 6 nitrogen and oxygen atoms in total. The number of aromatic nitrogens is 2. The van der Waals surface area contributed by atoms with Crippen LogP contribution in [0.4, 0.5) is 0 Å². The fraction of sp³-hybridized carbons (Fsp3) is 0.167. The Labute approximate surface area is 174 Å². The van der Waals surface area contributed by atoms with E-state index in [0.29, 0.717) is 36.8 Å². The smallest absolute Gasteiger partial charge is 0.255 e. The number of rotatable bonds is 5. The number of nitrogens with one attached hydrogen (secondary N) is 1. The molecule has 0 fully saturated rings. The Hall–Kier alpha value is -3.80. The second-order valence-corrected chi connectivity index (χ2v) is 7.19. The van der Waals surface area contributed by atoms with Gasteiger partial charge in [-0.25, -0.2) is 4.98 Å². The molecule has 0 saturated carbocycles. The fourth-order valence-electron chi connectivity index (χ4n) is 3.63. The van der Waals surface area contributed by atoms with Crippen molar-refractivity contribution in [2.24, 2.45) is 0 Å². The number of amides is 1. The van der Waals surface area contributed by atoms with Crippen molar-refractivity contribution in [3.63, 3.8) is 0 Å². The molecule has 0 spiro atoms. The summed E-state index contributed by atoms with van der Waals surface area (Å²) in [7, 11) is 0. The molecule has 0 aliphatic carbocycles. The van der Waals surface area contributed by atoms with E-state index >= 15 is 0 Å². The predicted molar refractivity (Wildman–Crippen MR) is 114 cm³/mol. The van der Waals surface area contributed by atoms with Crippen LogP contribution in [-0.2, 0) is 13.1 Å². The molecule has 3 aromatic carbocycles. The first-order valence-corrected chi connectivity index (χ1v) is 9.92. The van der Waals surface area contributed by atoms with Crippen LogP contribution >= 0.6 is 0 Å². The van der Waals surface area contributed by atoms with Crippen molar-refractivity contribution in [2.75, 3.05) is 13.2 Å². The average molecular weight is 399 g/mol. The van der Waals surface area contributed by atoms with Crippen molar-refractivity contribution in [1.82, 2.24) is 14.9 Å². The summed E-state index contributed by atoms with van der Waals surface area (Å²) in [5.74, 6) is 0.959. The lowest BCUT2D eigenvalue weighted by Crippen LogP contribution is -2.25. The van der Waals surface area contributed by atoms with Crippen molar-refractivity contribution in [1.29, 1.82) is 0 Å². The molecule has 2 heterocycles. The number of hydrogen-bond donors (Lipinski definition) is 1. The van der Waals surface area contributed by atoms with Crippen LogP contribution in [0.15, 0.2) is 73.1 Å². The largest absolute Gasteiger partial charge is 0.486 e. The molecule has 0 atom stereocenters. The van der Waals surface area contributed by atoms with E-state index in [9.17, 15) is 4.79 Å². The van der Waals surface area contributed by atoms with Crippen molar-refractivity contribution in [2.45, 2.75) is 13.1 Å². The van der Waals surface area contributed by atoms with Crippen molar-refractivity contribution in [3.05, 3.63) is 89.7 Å². The molecule has 1 amide bonds. The van der Waals surface area contributed by atoms with E-state index in [4.69, 9.17) is 9.47 Å². The third-order valence-corrected chi connectivity index (χ3v) is 5.17. The molecular formula is C24H21N3O3. The van der Waals surface area contributed by atoms with Crippen LogP contribution in [0.1, 0.15) is 21.5 Å². The van der Waals surface area contributed by atoms with Crippen LogP contribution in [0.25, 0.3) is 11.0 Å². The molecule has 0 unspecified atom stereocenters. The predicted octanol–water partition coefficient (Wildman–Crippen LogP) is 3.79. The summed E-state index contributed by atoms with van der Waals surface area (Å²) in [6.07, 6.45) is 1.87. The number of ether oxygens (including phenoxy) is 2. The second kappa shape index (κ2) is 7.91. The molecule has 0 radical (unpaired) electrons. The van der Waals surface area contributed by atoms with Gasteiger partial charge >= 0.3 is 0 Å². The Morgan fingerprint density at radius 3 is 2.63 bits per heavy atom. The zero-order valence-corrected chi connectivity index (χ0v) is 16.4. The maximum Gasteiger partial charge on any atom is 0.255 e. The van der Waals surface area contributed by atoms with E-state index in [-0.39, 0.29) is 5.91 Å². The molecule has 1 aliphatic rings. The molecule has 1 aliphatic heterocycles. The monoisotopic (exact) mass is 399 g/mol. The summed E-state index contributed by atoms with van der Waals surface area (Å²) in [5.41, 5.74) is 4.82. The first-order chi connectivity index (χ1) is 14.8. The van der Waals surface area contributed by atoms with Gasteiger partial charge in [-0.1, -0.05) is 42.5 Å². The van der Waals surface area contributed by atoms with E-state index in [0.717, 1.165) is 23.1 Å². The highest BCUT2D eigenvalue weighted by atomic mass is 16.6. The first kappa shape index (κ1) is 18.2. The fourth-order valence-corrected chi connectivity index (χ4v) is 3.63. The lowest BCUT2D eigenvalue weighted by molar-refractivity contribution is 0.0940. The molecule has 1 aromatic heterocycles. The van der Waals surface area contributed by atoms with Crippen LogP contribution in [0.5, 0.6) is 11.5 Å². The number of nitrogens with zero attached hydrogens (tertiary/aromatic N) is 2. The Morgan fingerprint density at radius 2 is 1.73 bits per heavy atom. The standard InChI is InChI=1S/C24H21N3O3/c28-24(19-4-3-7-22-23(19)30-13-12-29-22)25-14-17-8-10-18(11-9-17)15-27-16-26-20-5-1-2-6-21(20)27/h1-11,16H,12-15H2,(H,25,28). The SMILES string of the molecule is O=C(NCc1ccc(Cn2cnc3ccccc32)cc1)c1cccc2c1OCCO2. The van der Waals surface area contributed by atoms with Gasteiger partial charge in [-0.3, -0.25) is 4.79 Å². The van der Waals surface area contributed by atoms with Gasteiger partial charge in [0.15, 0.2) is 11.5 Å². The van der Waals surface area contributed by atoms with E-state index in [1.165, 1.54) is 5.56 Å². The maximum absolute atomic E-state index is 12.6. The Morgan fingerprint density at radius 1 is 0.933 bits per heavy atom. The molecule has 0 bridgehead atoms. The number of carbonyl (C=O) groups excluding carboxylic acids is 1. The molecule has 1 N–H and O–H groups in total. The normalized spacial score (nSPS) is 12.7. The molecule has 5 rings (SSSR count). The van der Waals surface area contributed by atoms with Gasteiger partial charge in [-0.2, -0.15) is 0 Å². The van der Waals surface area contributed by atoms with Gasteiger partial charge in [-0.15, -0.1) is 0 Å². The van der Waals surface area contributed by atoms with Crippen molar-refractivity contribution < 1.29 is 14.3 Å². The molecule has 30 heavy (non-hydrogen) atoms. The Kier molecular flexibility index (Phi) is 4.81. The van der Waals surface area contributed by atoms with Gasteiger partial charge < -0.3 is 19.4 Å². The van der Waals surface area contributed by atoms with Crippen LogP contribution in [0.3, 0.4) is 0 Å². The van der Waals surface area contributed by atoms with Gasteiger partial charge in [0.25, 0.3) is 5.91 Å².